The van der Waals surface area contributed by atoms with Gasteiger partial charge in [-0.1, -0.05) is 51.4 Å². The Kier molecular flexibility index (Phi) is 16.3. The Labute approximate surface area is 185 Å². The highest BCUT2D eigenvalue weighted by Crippen LogP contribution is 2.24. The molecule has 0 aliphatic carbocycles. The highest BCUT2D eigenvalue weighted by molar-refractivity contribution is 5.65. The molecule has 0 rings (SSSR count). The minimum absolute atomic E-state index is 0.320. The molecule has 0 aromatic heterocycles. The summed E-state index contributed by atoms with van der Waals surface area (Å²) < 4.78 is 17.3. The van der Waals surface area contributed by atoms with Crippen LogP contribution in [-0.2, 0) is 14.2 Å². The van der Waals surface area contributed by atoms with Gasteiger partial charge < -0.3 is 24.2 Å². The fourth-order valence-corrected chi connectivity index (χ4v) is 3.74. The number of nitrogens with zero attached hydrogens (tertiary/aromatic N) is 1. The zero-order valence-corrected chi connectivity index (χ0v) is 20.6. The van der Waals surface area contributed by atoms with Gasteiger partial charge in [-0.05, 0) is 54.4 Å². The Balaban J connectivity index is 3.75. The molecule has 0 atom stereocenters. The van der Waals surface area contributed by atoms with Crippen LogP contribution in [0.3, 0.4) is 0 Å². The van der Waals surface area contributed by atoms with E-state index in [2.05, 4.69) is 0 Å². The van der Waals surface area contributed by atoms with Crippen LogP contribution >= 0.6 is 0 Å². The van der Waals surface area contributed by atoms with Crippen molar-refractivity contribution in [3.63, 3.8) is 0 Å². The first-order valence-electron chi connectivity index (χ1n) is 12.1. The zero-order chi connectivity index (χ0) is 22.9. The Hall–Kier alpha value is -0.850. The van der Waals surface area contributed by atoms with E-state index in [1.807, 2.05) is 41.5 Å². The van der Waals surface area contributed by atoms with E-state index in [1.54, 1.807) is 4.90 Å². The lowest BCUT2D eigenvalue weighted by Gasteiger charge is -2.33. The first kappa shape index (κ1) is 29.1. The number of hydrogen-bond acceptors (Lipinski definition) is 4. The van der Waals surface area contributed by atoms with Gasteiger partial charge >= 0.3 is 6.09 Å². The highest BCUT2D eigenvalue weighted by atomic mass is 16.9. The molecule has 6 heteroatoms. The van der Waals surface area contributed by atoms with E-state index < -0.39 is 12.1 Å². The second-order valence-electron chi connectivity index (χ2n) is 8.87. The SMILES string of the molecule is CCOC(CCCCCCCCCCCCN(C(=O)O)C(C)(C)C)(OCC)OCC. The molecule has 0 aliphatic heterocycles. The van der Waals surface area contributed by atoms with Gasteiger partial charge in [0.2, 0.25) is 0 Å². The fourth-order valence-electron chi connectivity index (χ4n) is 3.74. The zero-order valence-electron chi connectivity index (χ0n) is 20.6. The number of hydrogen-bond donors (Lipinski definition) is 1. The quantitative estimate of drug-likeness (QED) is 0.179. The first-order valence-corrected chi connectivity index (χ1v) is 12.1. The smallest absolute Gasteiger partial charge is 0.407 e. The average Bonchev–Trinajstić information content (AvgIpc) is 2.64. The summed E-state index contributed by atoms with van der Waals surface area (Å²) in [7, 11) is 0. The van der Waals surface area contributed by atoms with Crippen LogP contribution in [0.5, 0.6) is 0 Å². The van der Waals surface area contributed by atoms with E-state index >= 15 is 0 Å². The molecule has 0 bridgehead atoms. The molecule has 180 valence electrons. The van der Waals surface area contributed by atoms with E-state index in [0.29, 0.717) is 26.4 Å². The van der Waals surface area contributed by atoms with Gasteiger partial charge in [-0.15, -0.1) is 0 Å². The number of rotatable bonds is 19. The summed E-state index contributed by atoms with van der Waals surface area (Å²) in [5.41, 5.74) is -0.320. The molecule has 1 N–H and O–H groups in total. The van der Waals surface area contributed by atoms with Gasteiger partial charge in [0, 0.05) is 38.3 Å². The van der Waals surface area contributed by atoms with Gasteiger partial charge in [-0.3, -0.25) is 0 Å². The molecule has 0 saturated carbocycles. The molecule has 0 unspecified atom stereocenters. The highest BCUT2D eigenvalue weighted by Gasteiger charge is 2.31. The largest absolute Gasteiger partial charge is 0.465 e. The monoisotopic (exact) mass is 431 g/mol. The molecule has 0 aromatic carbocycles. The lowest BCUT2D eigenvalue weighted by molar-refractivity contribution is -0.380. The van der Waals surface area contributed by atoms with Gasteiger partial charge in [0.05, 0.1) is 0 Å². The van der Waals surface area contributed by atoms with Crippen LogP contribution < -0.4 is 0 Å². The molecule has 0 spiro atoms. The molecule has 0 heterocycles. The molecule has 1 amide bonds. The minimum Gasteiger partial charge on any atom is -0.465 e. The first-order chi connectivity index (χ1) is 14.2. The van der Waals surface area contributed by atoms with Crippen molar-refractivity contribution in [3.05, 3.63) is 0 Å². The molecule has 0 aliphatic rings. The maximum absolute atomic E-state index is 11.3. The van der Waals surface area contributed by atoms with Gasteiger partial charge in [0.15, 0.2) is 0 Å². The summed E-state index contributed by atoms with van der Waals surface area (Å²) in [6.07, 6.45) is 11.7. The van der Waals surface area contributed by atoms with Crippen molar-refractivity contribution < 1.29 is 24.1 Å². The van der Waals surface area contributed by atoms with E-state index in [0.717, 1.165) is 25.7 Å². The Morgan fingerprint density at radius 2 is 1.07 bits per heavy atom. The van der Waals surface area contributed by atoms with Gasteiger partial charge in [-0.2, -0.15) is 0 Å². The van der Waals surface area contributed by atoms with Gasteiger partial charge in [-0.25, -0.2) is 4.79 Å². The van der Waals surface area contributed by atoms with Crippen LogP contribution in [-0.4, -0.2) is 54.0 Å². The molecule has 30 heavy (non-hydrogen) atoms. The average molecular weight is 432 g/mol. The lowest BCUT2D eigenvalue weighted by Crippen LogP contribution is -2.45. The Bertz CT molecular complexity index is 405. The number of amides is 1. The van der Waals surface area contributed by atoms with Crippen molar-refractivity contribution in [1.82, 2.24) is 4.90 Å². The maximum atomic E-state index is 11.3. The van der Waals surface area contributed by atoms with Crippen LogP contribution in [0.1, 0.15) is 112 Å². The third-order valence-corrected chi connectivity index (χ3v) is 5.25. The second-order valence-corrected chi connectivity index (χ2v) is 8.87. The third-order valence-electron chi connectivity index (χ3n) is 5.25. The molecule has 0 fully saturated rings. The van der Waals surface area contributed by atoms with E-state index in [4.69, 9.17) is 14.2 Å². The Morgan fingerprint density at radius 1 is 0.700 bits per heavy atom. The summed E-state index contributed by atoms with van der Waals surface area (Å²) in [6.45, 7) is 14.2. The standard InChI is InChI=1S/C24H49NO5/c1-7-28-24(29-8-2,30-9-3)20-18-16-14-12-10-11-13-15-17-19-21-25(22(26)27)23(4,5)6/h7-21H2,1-6H3,(H,26,27). The molecule has 0 aromatic rings. The molecular weight excluding hydrogens is 382 g/mol. The van der Waals surface area contributed by atoms with Crippen LogP contribution in [0.2, 0.25) is 0 Å². The van der Waals surface area contributed by atoms with Gasteiger partial charge in [0.25, 0.3) is 5.97 Å². The number of ether oxygens (including phenoxy) is 3. The summed E-state index contributed by atoms with van der Waals surface area (Å²) in [6, 6.07) is 0. The number of carboxylic acid groups (broad SMARTS) is 1. The van der Waals surface area contributed by atoms with Crippen LogP contribution in [0.4, 0.5) is 4.79 Å². The fraction of sp³-hybridized carbons (Fsp3) is 0.958. The van der Waals surface area contributed by atoms with Crippen LogP contribution in [0.25, 0.3) is 0 Å². The minimum atomic E-state index is -0.860. The molecule has 6 nitrogen and oxygen atoms in total. The van der Waals surface area contributed by atoms with Crippen molar-refractivity contribution >= 4 is 6.09 Å². The second kappa shape index (κ2) is 16.8. The number of carbonyl (C=O) groups is 1. The van der Waals surface area contributed by atoms with Crippen molar-refractivity contribution in [2.75, 3.05) is 26.4 Å². The normalized spacial score (nSPS) is 12.3. The molecule has 0 radical (unpaired) electrons. The predicted molar refractivity (Wildman–Crippen MR) is 123 cm³/mol. The summed E-state index contributed by atoms with van der Waals surface area (Å²) in [4.78, 5) is 12.9. The third kappa shape index (κ3) is 13.5. The predicted octanol–water partition coefficient (Wildman–Crippen LogP) is 6.82. The van der Waals surface area contributed by atoms with Crippen molar-refractivity contribution in [3.8, 4) is 0 Å². The van der Waals surface area contributed by atoms with Crippen LogP contribution in [0, 0.1) is 0 Å². The summed E-state index contributed by atoms with van der Waals surface area (Å²) >= 11 is 0. The van der Waals surface area contributed by atoms with E-state index in [-0.39, 0.29) is 5.54 Å². The van der Waals surface area contributed by atoms with Crippen LogP contribution in [0.15, 0.2) is 0 Å². The van der Waals surface area contributed by atoms with Crippen molar-refractivity contribution in [2.45, 2.75) is 124 Å². The van der Waals surface area contributed by atoms with Gasteiger partial charge in [0.1, 0.15) is 0 Å². The van der Waals surface area contributed by atoms with Crippen molar-refractivity contribution in [1.29, 1.82) is 0 Å². The lowest BCUT2D eigenvalue weighted by atomic mass is 10.0. The van der Waals surface area contributed by atoms with E-state index in [1.165, 1.54) is 44.9 Å². The molecular formula is C24H49NO5. The van der Waals surface area contributed by atoms with E-state index in [9.17, 15) is 9.90 Å². The summed E-state index contributed by atoms with van der Waals surface area (Å²) in [5, 5.41) is 9.30. The number of unbranched alkanes of at least 4 members (excludes halogenated alkanes) is 9. The summed E-state index contributed by atoms with van der Waals surface area (Å²) in [5.74, 6) is -0.860. The topological polar surface area (TPSA) is 68.2 Å². The molecule has 0 saturated heterocycles. The maximum Gasteiger partial charge on any atom is 0.407 e. The Morgan fingerprint density at radius 3 is 1.40 bits per heavy atom. The van der Waals surface area contributed by atoms with Crippen molar-refractivity contribution in [2.24, 2.45) is 0 Å².